The van der Waals surface area contributed by atoms with Crippen LogP contribution in [-0.4, -0.2) is 15.0 Å². The summed E-state index contributed by atoms with van der Waals surface area (Å²) in [7, 11) is 0. The van der Waals surface area contributed by atoms with E-state index in [1.54, 1.807) is 12.3 Å². The van der Waals surface area contributed by atoms with Crippen molar-refractivity contribution in [2.45, 2.75) is 26.3 Å². The van der Waals surface area contributed by atoms with Crippen molar-refractivity contribution < 1.29 is 0 Å². The van der Waals surface area contributed by atoms with E-state index in [9.17, 15) is 0 Å². The molecule has 0 aliphatic carbocycles. The van der Waals surface area contributed by atoms with Gasteiger partial charge in [-0.2, -0.15) is 0 Å². The molecule has 2 aromatic heterocycles. The first kappa shape index (κ1) is 13.2. The van der Waals surface area contributed by atoms with Gasteiger partial charge in [0.05, 0.1) is 11.7 Å². The smallest absolute Gasteiger partial charge is 0.145 e. The van der Waals surface area contributed by atoms with Crippen LogP contribution in [0.25, 0.3) is 0 Å². The first-order valence-electron chi connectivity index (χ1n) is 6.25. The summed E-state index contributed by atoms with van der Waals surface area (Å²) in [5.74, 6) is 7.48. The van der Waals surface area contributed by atoms with Gasteiger partial charge in [-0.25, -0.2) is 15.8 Å². The van der Waals surface area contributed by atoms with Crippen LogP contribution in [0, 0.1) is 0 Å². The van der Waals surface area contributed by atoms with Crippen molar-refractivity contribution in [2.24, 2.45) is 5.84 Å². The summed E-state index contributed by atoms with van der Waals surface area (Å²) in [5, 5.41) is 3.30. The predicted octanol–water partition coefficient (Wildman–Crippen LogP) is 1.89. The Kier molecular flexibility index (Phi) is 4.25. The highest BCUT2D eigenvalue weighted by Gasteiger charge is 2.09. The summed E-state index contributed by atoms with van der Waals surface area (Å²) >= 11 is 0. The van der Waals surface area contributed by atoms with Gasteiger partial charge in [-0.15, -0.1) is 0 Å². The number of aryl methyl sites for hydroxylation is 1. The molecule has 0 bridgehead atoms. The lowest BCUT2D eigenvalue weighted by atomic mass is 10.2. The minimum atomic E-state index is 0.0615. The monoisotopic (exact) mass is 258 g/mol. The van der Waals surface area contributed by atoms with E-state index in [1.165, 1.54) is 0 Å². The van der Waals surface area contributed by atoms with Gasteiger partial charge in [0.25, 0.3) is 0 Å². The average Bonchev–Trinajstić information content (AvgIpc) is 2.47. The number of nitrogen functional groups attached to an aromatic ring is 1. The number of nitrogens with one attached hydrogen (secondary N) is 2. The average molecular weight is 258 g/mol. The van der Waals surface area contributed by atoms with Crippen molar-refractivity contribution in [2.75, 3.05) is 10.7 Å². The molecule has 1 atom stereocenters. The van der Waals surface area contributed by atoms with Crippen molar-refractivity contribution in [1.82, 2.24) is 15.0 Å². The number of nitrogens with two attached hydrogens (primary N) is 1. The van der Waals surface area contributed by atoms with E-state index < -0.39 is 0 Å². The van der Waals surface area contributed by atoms with E-state index in [4.69, 9.17) is 5.84 Å². The Labute approximate surface area is 112 Å². The molecule has 0 spiro atoms. The van der Waals surface area contributed by atoms with Crippen LogP contribution in [0.1, 0.15) is 31.4 Å². The van der Waals surface area contributed by atoms with Crippen LogP contribution < -0.4 is 16.6 Å². The van der Waals surface area contributed by atoms with Crippen LogP contribution in [-0.2, 0) is 6.42 Å². The second-order valence-corrected chi connectivity index (χ2v) is 4.17. The Morgan fingerprint density at radius 2 is 2.05 bits per heavy atom. The molecule has 6 heteroatoms. The van der Waals surface area contributed by atoms with Crippen LogP contribution in [0.2, 0.25) is 0 Å². The van der Waals surface area contributed by atoms with Crippen molar-refractivity contribution >= 4 is 11.6 Å². The third-order valence-electron chi connectivity index (χ3n) is 2.73. The molecule has 0 aliphatic heterocycles. The maximum atomic E-state index is 5.40. The molecule has 0 amide bonds. The quantitative estimate of drug-likeness (QED) is 0.560. The molecule has 6 nitrogen and oxygen atoms in total. The number of anilines is 2. The summed E-state index contributed by atoms with van der Waals surface area (Å²) in [6, 6.07) is 7.67. The Morgan fingerprint density at radius 3 is 2.68 bits per heavy atom. The summed E-state index contributed by atoms with van der Waals surface area (Å²) in [6.07, 6.45) is 2.53. The predicted molar refractivity (Wildman–Crippen MR) is 75.5 cm³/mol. The molecule has 0 fully saturated rings. The molecule has 0 aromatic carbocycles. The highest BCUT2D eigenvalue weighted by atomic mass is 15.3. The van der Waals surface area contributed by atoms with Crippen molar-refractivity contribution in [3.8, 4) is 0 Å². The SMILES string of the molecule is CCc1nc(NN)cc(NC(C)c2ccccn2)n1. The van der Waals surface area contributed by atoms with Gasteiger partial charge in [0, 0.05) is 18.7 Å². The zero-order valence-electron chi connectivity index (χ0n) is 11.1. The van der Waals surface area contributed by atoms with E-state index >= 15 is 0 Å². The van der Waals surface area contributed by atoms with Crippen LogP contribution in [0.15, 0.2) is 30.5 Å². The number of rotatable bonds is 5. The second-order valence-electron chi connectivity index (χ2n) is 4.17. The number of aromatic nitrogens is 3. The molecular formula is C13H18N6. The molecule has 19 heavy (non-hydrogen) atoms. The van der Waals surface area contributed by atoms with Crippen molar-refractivity contribution in [1.29, 1.82) is 0 Å². The van der Waals surface area contributed by atoms with Crippen LogP contribution >= 0.6 is 0 Å². The Morgan fingerprint density at radius 1 is 1.26 bits per heavy atom. The molecule has 2 heterocycles. The van der Waals surface area contributed by atoms with Crippen molar-refractivity contribution in [3.63, 3.8) is 0 Å². The first-order valence-corrected chi connectivity index (χ1v) is 6.25. The number of hydrazine groups is 1. The van der Waals surface area contributed by atoms with Gasteiger partial charge in [0.15, 0.2) is 0 Å². The molecule has 4 N–H and O–H groups in total. The van der Waals surface area contributed by atoms with Crippen LogP contribution in [0.4, 0.5) is 11.6 Å². The topological polar surface area (TPSA) is 88.8 Å². The number of hydrogen-bond acceptors (Lipinski definition) is 6. The van der Waals surface area contributed by atoms with E-state index in [0.717, 1.165) is 23.8 Å². The van der Waals surface area contributed by atoms with Crippen LogP contribution in [0.3, 0.4) is 0 Å². The molecule has 0 saturated carbocycles. The molecule has 100 valence electrons. The largest absolute Gasteiger partial charge is 0.362 e. The molecular weight excluding hydrogens is 240 g/mol. The van der Waals surface area contributed by atoms with Gasteiger partial charge >= 0.3 is 0 Å². The van der Waals surface area contributed by atoms with E-state index in [0.29, 0.717) is 5.82 Å². The number of hydrogen-bond donors (Lipinski definition) is 3. The Balaban J connectivity index is 2.18. The maximum absolute atomic E-state index is 5.40. The lowest BCUT2D eigenvalue weighted by Gasteiger charge is -2.15. The van der Waals surface area contributed by atoms with Crippen LogP contribution in [0.5, 0.6) is 0 Å². The highest BCUT2D eigenvalue weighted by molar-refractivity contribution is 5.47. The standard InChI is InChI=1S/C13H18N6/c1-3-11-17-12(8-13(18-11)19-14)16-9(2)10-6-4-5-7-15-10/h4-9H,3,14H2,1-2H3,(H2,16,17,18,19). The van der Waals surface area contributed by atoms with Gasteiger partial charge in [-0.1, -0.05) is 13.0 Å². The zero-order valence-corrected chi connectivity index (χ0v) is 11.1. The third-order valence-corrected chi connectivity index (χ3v) is 2.73. The Hall–Kier alpha value is -2.21. The van der Waals surface area contributed by atoms with Crippen molar-refractivity contribution in [3.05, 3.63) is 42.0 Å². The summed E-state index contributed by atoms with van der Waals surface area (Å²) < 4.78 is 0. The third kappa shape index (κ3) is 3.38. The molecule has 0 radical (unpaired) electrons. The molecule has 1 unspecified atom stereocenters. The fourth-order valence-corrected chi connectivity index (χ4v) is 1.73. The highest BCUT2D eigenvalue weighted by Crippen LogP contribution is 2.17. The van der Waals surface area contributed by atoms with E-state index in [1.807, 2.05) is 32.0 Å². The van der Waals surface area contributed by atoms with Gasteiger partial charge in [0.1, 0.15) is 17.5 Å². The normalized spacial score (nSPS) is 11.9. The lowest BCUT2D eigenvalue weighted by Crippen LogP contribution is -2.14. The van der Waals surface area contributed by atoms with Gasteiger partial charge < -0.3 is 10.7 Å². The van der Waals surface area contributed by atoms with E-state index in [2.05, 4.69) is 25.7 Å². The summed E-state index contributed by atoms with van der Waals surface area (Å²) in [4.78, 5) is 13.0. The number of nitrogens with zero attached hydrogens (tertiary/aromatic N) is 3. The number of pyridine rings is 1. The summed E-state index contributed by atoms with van der Waals surface area (Å²) in [6.45, 7) is 4.03. The molecule has 2 rings (SSSR count). The Bertz CT molecular complexity index is 506. The van der Waals surface area contributed by atoms with Gasteiger partial charge in [-0.3, -0.25) is 4.98 Å². The molecule has 0 aliphatic rings. The fraction of sp³-hybridized carbons (Fsp3) is 0.308. The van der Waals surface area contributed by atoms with E-state index in [-0.39, 0.29) is 6.04 Å². The fourth-order valence-electron chi connectivity index (χ4n) is 1.73. The zero-order chi connectivity index (χ0) is 13.7. The molecule has 2 aromatic rings. The van der Waals surface area contributed by atoms with Gasteiger partial charge in [-0.05, 0) is 19.1 Å². The minimum absolute atomic E-state index is 0.0615. The minimum Gasteiger partial charge on any atom is -0.362 e. The maximum Gasteiger partial charge on any atom is 0.145 e. The first-order chi connectivity index (χ1) is 9.22. The van der Waals surface area contributed by atoms with Gasteiger partial charge in [0.2, 0.25) is 0 Å². The summed E-state index contributed by atoms with van der Waals surface area (Å²) in [5.41, 5.74) is 3.51. The lowest BCUT2D eigenvalue weighted by molar-refractivity contribution is 0.822. The molecule has 0 saturated heterocycles. The second kappa shape index (κ2) is 6.10.